The molecule has 0 radical (unpaired) electrons. The largest absolute Gasteiger partial charge is 0.303 e. The summed E-state index contributed by atoms with van der Waals surface area (Å²) >= 11 is 0. The summed E-state index contributed by atoms with van der Waals surface area (Å²) in [5, 5.41) is 2.52. The van der Waals surface area contributed by atoms with Crippen molar-refractivity contribution in [2.45, 2.75) is 51.5 Å². The van der Waals surface area contributed by atoms with Crippen LogP contribution in [0.25, 0.3) is 10.8 Å². The van der Waals surface area contributed by atoms with Gasteiger partial charge in [-0.25, -0.2) is 0 Å². The fourth-order valence-electron chi connectivity index (χ4n) is 4.22. The van der Waals surface area contributed by atoms with Crippen LogP contribution in [0.1, 0.15) is 45.6 Å². The Labute approximate surface area is 145 Å². The minimum absolute atomic E-state index is 0.145. The van der Waals surface area contributed by atoms with Gasteiger partial charge in [0.15, 0.2) is 0 Å². The number of rotatable bonds is 4. The Balaban J connectivity index is 1.86. The van der Waals surface area contributed by atoms with E-state index in [9.17, 15) is 4.79 Å². The minimum Gasteiger partial charge on any atom is -0.303 e. The number of Topliss-reactive ketones (excluding diaryl/α,β-unsaturated/α-hetero) is 1. The summed E-state index contributed by atoms with van der Waals surface area (Å²) in [4.78, 5) is 15.4. The van der Waals surface area contributed by atoms with Crippen molar-refractivity contribution >= 4 is 16.6 Å². The molecule has 0 saturated carbocycles. The van der Waals surface area contributed by atoms with E-state index in [0.717, 1.165) is 19.4 Å². The predicted octanol–water partition coefficient (Wildman–Crippen LogP) is 4.81. The van der Waals surface area contributed by atoms with Crippen molar-refractivity contribution in [3.63, 3.8) is 0 Å². The predicted molar refractivity (Wildman–Crippen MR) is 101 cm³/mol. The molecule has 2 aromatic carbocycles. The molecule has 1 saturated heterocycles. The highest BCUT2D eigenvalue weighted by Crippen LogP contribution is 2.35. The van der Waals surface area contributed by atoms with E-state index in [1.165, 1.54) is 16.3 Å². The van der Waals surface area contributed by atoms with E-state index in [0.29, 0.717) is 18.2 Å². The summed E-state index contributed by atoms with van der Waals surface area (Å²) in [5.41, 5.74) is 1.14. The highest BCUT2D eigenvalue weighted by Gasteiger charge is 2.34. The summed E-state index contributed by atoms with van der Waals surface area (Å²) in [6.07, 6.45) is 2.78. The maximum absolute atomic E-state index is 13.1. The van der Waals surface area contributed by atoms with Crippen LogP contribution in [0.2, 0.25) is 0 Å². The normalized spacial score (nSPS) is 22.7. The zero-order valence-electron chi connectivity index (χ0n) is 15.4. The van der Waals surface area contributed by atoms with Gasteiger partial charge in [0.05, 0.1) is 0 Å². The second-order valence-electron chi connectivity index (χ2n) is 8.02. The fourth-order valence-corrected chi connectivity index (χ4v) is 4.22. The van der Waals surface area contributed by atoms with Crippen molar-refractivity contribution in [1.82, 2.24) is 4.90 Å². The third kappa shape index (κ3) is 3.25. The van der Waals surface area contributed by atoms with E-state index >= 15 is 0 Å². The highest BCUT2D eigenvalue weighted by molar-refractivity contribution is 5.88. The molecule has 0 amide bonds. The zero-order valence-corrected chi connectivity index (χ0v) is 15.4. The lowest BCUT2D eigenvalue weighted by Crippen LogP contribution is -2.45. The van der Waals surface area contributed by atoms with Crippen LogP contribution in [-0.4, -0.2) is 30.3 Å². The van der Waals surface area contributed by atoms with Crippen LogP contribution < -0.4 is 0 Å². The van der Waals surface area contributed by atoms with Gasteiger partial charge in [0, 0.05) is 18.4 Å². The first-order valence-corrected chi connectivity index (χ1v) is 9.11. The molecule has 1 unspecified atom stereocenters. The van der Waals surface area contributed by atoms with Crippen LogP contribution >= 0.6 is 0 Å². The number of likely N-dealkylation sites (tertiary alicyclic amines) is 1. The monoisotopic (exact) mass is 323 g/mol. The third-order valence-electron chi connectivity index (χ3n) is 5.85. The quantitative estimate of drug-likeness (QED) is 0.805. The number of piperidine rings is 1. The molecule has 1 heterocycles. The number of carbonyl (C=O) groups excluding carboxylic acids is 1. The Bertz CT molecular complexity index is 728. The van der Waals surface area contributed by atoms with Crippen molar-refractivity contribution in [1.29, 1.82) is 0 Å². The van der Waals surface area contributed by atoms with Crippen LogP contribution in [0.4, 0.5) is 0 Å². The summed E-state index contributed by atoms with van der Waals surface area (Å²) in [6, 6.07) is 15.3. The summed E-state index contributed by atoms with van der Waals surface area (Å²) in [5.74, 6) is 0.602. The number of benzene rings is 2. The molecule has 0 aromatic heterocycles. The molecule has 0 N–H and O–H groups in total. The molecule has 3 rings (SSSR count). The van der Waals surface area contributed by atoms with Gasteiger partial charge < -0.3 is 4.90 Å². The molecular formula is C22H29NO. The van der Waals surface area contributed by atoms with Gasteiger partial charge in [-0.2, -0.15) is 0 Å². The maximum Gasteiger partial charge on any atom is 0.138 e. The van der Waals surface area contributed by atoms with Crippen LogP contribution in [0.5, 0.6) is 0 Å². The molecule has 1 aliphatic heterocycles. The standard InChI is InChI=1S/C22H29NO/c1-16-18(12-8-14-23(16)4)21(24)15-22(2,3)20-13-7-10-17-9-5-6-11-19(17)20/h5-7,9-11,13,16,18H,8,12,14-15H2,1-4H3/t16-,18?/m1/s1. The van der Waals surface area contributed by atoms with E-state index in [-0.39, 0.29) is 11.3 Å². The van der Waals surface area contributed by atoms with Crippen LogP contribution in [-0.2, 0) is 10.2 Å². The lowest BCUT2D eigenvalue weighted by molar-refractivity contribution is -0.127. The average molecular weight is 323 g/mol. The SMILES string of the molecule is C[C@@H]1C(C(=O)CC(C)(C)c2cccc3ccccc23)CCCN1C. The van der Waals surface area contributed by atoms with E-state index < -0.39 is 0 Å². The van der Waals surface area contributed by atoms with Gasteiger partial charge in [-0.1, -0.05) is 56.3 Å². The Morgan fingerprint density at radius 2 is 1.88 bits per heavy atom. The Kier molecular flexibility index (Phi) is 4.78. The van der Waals surface area contributed by atoms with Crippen molar-refractivity contribution in [2.75, 3.05) is 13.6 Å². The van der Waals surface area contributed by atoms with Crippen molar-refractivity contribution in [2.24, 2.45) is 5.92 Å². The van der Waals surface area contributed by atoms with Gasteiger partial charge in [0.2, 0.25) is 0 Å². The molecule has 0 bridgehead atoms. The second kappa shape index (κ2) is 6.68. The minimum atomic E-state index is -0.145. The van der Waals surface area contributed by atoms with Crippen LogP contribution in [0.15, 0.2) is 42.5 Å². The van der Waals surface area contributed by atoms with E-state index in [2.05, 4.69) is 75.2 Å². The lowest BCUT2D eigenvalue weighted by Gasteiger charge is -2.37. The molecule has 2 nitrogen and oxygen atoms in total. The first-order valence-electron chi connectivity index (χ1n) is 9.11. The number of nitrogens with zero attached hydrogens (tertiary/aromatic N) is 1. The van der Waals surface area contributed by atoms with E-state index in [1.807, 2.05) is 0 Å². The molecule has 1 aliphatic rings. The lowest BCUT2D eigenvalue weighted by atomic mass is 9.74. The van der Waals surface area contributed by atoms with E-state index in [1.54, 1.807) is 0 Å². The van der Waals surface area contributed by atoms with Gasteiger partial charge in [-0.15, -0.1) is 0 Å². The first-order chi connectivity index (χ1) is 11.4. The maximum atomic E-state index is 13.1. The number of hydrogen-bond acceptors (Lipinski definition) is 2. The molecule has 0 spiro atoms. The second-order valence-corrected chi connectivity index (χ2v) is 8.02. The Morgan fingerprint density at radius 1 is 1.17 bits per heavy atom. The first kappa shape index (κ1) is 17.2. The van der Waals surface area contributed by atoms with Gasteiger partial charge in [0.25, 0.3) is 0 Å². The topological polar surface area (TPSA) is 20.3 Å². The third-order valence-corrected chi connectivity index (χ3v) is 5.85. The number of ketones is 1. The fraction of sp³-hybridized carbons (Fsp3) is 0.500. The van der Waals surface area contributed by atoms with E-state index in [4.69, 9.17) is 0 Å². The van der Waals surface area contributed by atoms with Gasteiger partial charge in [-0.3, -0.25) is 4.79 Å². The van der Waals surface area contributed by atoms with Crippen molar-refractivity contribution in [3.05, 3.63) is 48.0 Å². The molecule has 1 fully saturated rings. The number of fused-ring (bicyclic) bond motifs is 1. The molecule has 2 aromatic rings. The van der Waals surface area contributed by atoms with Crippen molar-refractivity contribution < 1.29 is 4.79 Å². The number of carbonyl (C=O) groups is 1. The zero-order chi connectivity index (χ0) is 17.3. The Hall–Kier alpha value is -1.67. The smallest absolute Gasteiger partial charge is 0.138 e. The van der Waals surface area contributed by atoms with Gasteiger partial charge >= 0.3 is 0 Å². The van der Waals surface area contributed by atoms with Gasteiger partial charge in [-0.05, 0) is 55.1 Å². The Morgan fingerprint density at radius 3 is 2.67 bits per heavy atom. The summed E-state index contributed by atoms with van der Waals surface area (Å²) < 4.78 is 0. The number of hydrogen-bond donors (Lipinski definition) is 0. The molecule has 128 valence electrons. The van der Waals surface area contributed by atoms with Crippen LogP contribution in [0.3, 0.4) is 0 Å². The summed E-state index contributed by atoms with van der Waals surface area (Å²) in [6.45, 7) is 7.73. The molecule has 24 heavy (non-hydrogen) atoms. The molecule has 2 atom stereocenters. The molecule has 2 heteroatoms. The van der Waals surface area contributed by atoms with Gasteiger partial charge in [0.1, 0.15) is 5.78 Å². The average Bonchev–Trinajstić information content (AvgIpc) is 2.56. The molecule has 0 aliphatic carbocycles. The van der Waals surface area contributed by atoms with Crippen molar-refractivity contribution in [3.8, 4) is 0 Å². The van der Waals surface area contributed by atoms with Crippen LogP contribution in [0, 0.1) is 5.92 Å². The summed E-state index contributed by atoms with van der Waals surface area (Å²) in [7, 11) is 2.14. The highest BCUT2D eigenvalue weighted by atomic mass is 16.1. The molecular weight excluding hydrogens is 294 g/mol.